The number of nitrogens with one attached hydrogen (secondary N) is 1. The van der Waals surface area contributed by atoms with Crippen molar-refractivity contribution in [2.75, 3.05) is 11.1 Å². The summed E-state index contributed by atoms with van der Waals surface area (Å²) in [5.74, 6) is -1.58. The molecule has 0 atom stereocenters. The Hall–Kier alpha value is -2.08. The summed E-state index contributed by atoms with van der Waals surface area (Å²) in [6.07, 6.45) is 0. The second kappa shape index (κ2) is 5.27. The van der Waals surface area contributed by atoms with Crippen LogP contribution in [0.15, 0.2) is 40.9 Å². The van der Waals surface area contributed by atoms with Crippen molar-refractivity contribution in [3.8, 4) is 0 Å². The third kappa shape index (κ3) is 2.85. The number of anilines is 3. The first kappa shape index (κ1) is 13.4. The Balaban J connectivity index is 2.41. The van der Waals surface area contributed by atoms with Crippen molar-refractivity contribution in [1.82, 2.24) is 0 Å². The van der Waals surface area contributed by atoms with E-state index in [1.165, 1.54) is 18.2 Å². The zero-order valence-corrected chi connectivity index (χ0v) is 11.2. The number of hydrogen-bond acceptors (Lipinski definition) is 3. The Labute approximate surface area is 117 Å². The molecule has 6 heteroatoms. The molecule has 2 aromatic carbocycles. The SMILES string of the molecule is Nc1c(Nc2cc(Br)ccc2F)cccc1C(=O)O. The molecule has 0 radical (unpaired) electrons. The zero-order chi connectivity index (χ0) is 14.0. The number of aromatic carboxylic acids is 1. The molecule has 0 unspecified atom stereocenters. The van der Waals surface area contributed by atoms with Crippen LogP contribution in [0, 0.1) is 5.82 Å². The van der Waals surface area contributed by atoms with Gasteiger partial charge in [0.15, 0.2) is 0 Å². The molecule has 0 bridgehead atoms. The summed E-state index contributed by atoms with van der Waals surface area (Å²) < 4.78 is 14.3. The van der Waals surface area contributed by atoms with Crippen molar-refractivity contribution in [2.45, 2.75) is 0 Å². The lowest BCUT2D eigenvalue weighted by molar-refractivity contribution is 0.0698. The van der Waals surface area contributed by atoms with Crippen LogP contribution in [0.5, 0.6) is 0 Å². The predicted octanol–water partition coefficient (Wildman–Crippen LogP) is 3.61. The smallest absolute Gasteiger partial charge is 0.337 e. The van der Waals surface area contributed by atoms with E-state index in [0.29, 0.717) is 10.2 Å². The van der Waals surface area contributed by atoms with E-state index in [9.17, 15) is 9.18 Å². The number of carbonyl (C=O) groups is 1. The molecule has 98 valence electrons. The number of nitrogen functional groups attached to an aromatic ring is 1. The van der Waals surface area contributed by atoms with Gasteiger partial charge in [-0.15, -0.1) is 0 Å². The number of hydrogen-bond donors (Lipinski definition) is 3. The zero-order valence-electron chi connectivity index (χ0n) is 9.65. The van der Waals surface area contributed by atoms with E-state index in [2.05, 4.69) is 21.2 Å². The maximum absolute atomic E-state index is 13.6. The topological polar surface area (TPSA) is 75.3 Å². The molecule has 0 aliphatic rings. The molecule has 0 heterocycles. The molecule has 4 N–H and O–H groups in total. The highest BCUT2D eigenvalue weighted by molar-refractivity contribution is 9.10. The summed E-state index contributed by atoms with van der Waals surface area (Å²) in [5, 5.41) is 11.7. The molecule has 0 saturated carbocycles. The van der Waals surface area contributed by atoms with Crippen molar-refractivity contribution in [1.29, 1.82) is 0 Å². The summed E-state index contributed by atoms with van der Waals surface area (Å²) in [6, 6.07) is 8.92. The van der Waals surface area contributed by atoms with Crippen molar-refractivity contribution in [3.05, 3.63) is 52.3 Å². The van der Waals surface area contributed by atoms with E-state index in [1.54, 1.807) is 18.2 Å². The quantitative estimate of drug-likeness (QED) is 0.754. The fraction of sp³-hybridized carbons (Fsp3) is 0. The first-order valence-corrected chi connectivity index (χ1v) is 6.12. The predicted molar refractivity (Wildman–Crippen MR) is 75.2 cm³/mol. The Morgan fingerprint density at radius 3 is 2.68 bits per heavy atom. The fourth-order valence-corrected chi connectivity index (χ4v) is 1.96. The first-order chi connectivity index (χ1) is 8.99. The average molecular weight is 325 g/mol. The molecule has 4 nitrogen and oxygen atoms in total. The van der Waals surface area contributed by atoms with Crippen molar-refractivity contribution in [2.24, 2.45) is 0 Å². The number of benzene rings is 2. The van der Waals surface area contributed by atoms with Crippen LogP contribution in [0.25, 0.3) is 0 Å². The molecule has 0 amide bonds. The summed E-state index contributed by atoms with van der Waals surface area (Å²) in [7, 11) is 0. The summed E-state index contributed by atoms with van der Waals surface area (Å²) in [4.78, 5) is 11.0. The van der Waals surface area contributed by atoms with E-state index in [4.69, 9.17) is 10.8 Å². The number of carboxylic acids is 1. The van der Waals surface area contributed by atoms with Crippen LogP contribution in [-0.2, 0) is 0 Å². The molecular formula is C13H10BrFN2O2. The van der Waals surface area contributed by atoms with Gasteiger partial charge in [-0.25, -0.2) is 9.18 Å². The van der Waals surface area contributed by atoms with Gasteiger partial charge in [0.1, 0.15) is 5.82 Å². The molecule has 0 spiro atoms. The highest BCUT2D eigenvalue weighted by Gasteiger charge is 2.12. The van der Waals surface area contributed by atoms with Crippen molar-refractivity contribution >= 4 is 39.0 Å². The molecule has 2 rings (SSSR count). The molecule has 19 heavy (non-hydrogen) atoms. The number of para-hydroxylation sites is 1. The minimum atomic E-state index is -1.13. The highest BCUT2D eigenvalue weighted by atomic mass is 79.9. The normalized spacial score (nSPS) is 10.2. The number of carboxylic acid groups (broad SMARTS) is 1. The van der Waals surface area contributed by atoms with Gasteiger partial charge in [-0.3, -0.25) is 0 Å². The lowest BCUT2D eigenvalue weighted by Gasteiger charge is -2.12. The molecule has 0 aliphatic heterocycles. The van der Waals surface area contributed by atoms with Gasteiger partial charge < -0.3 is 16.2 Å². The summed E-state index contributed by atoms with van der Waals surface area (Å²) >= 11 is 3.23. The van der Waals surface area contributed by atoms with E-state index >= 15 is 0 Å². The molecular weight excluding hydrogens is 315 g/mol. The minimum absolute atomic E-state index is 0.0274. The molecule has 0 aliphatic carbocycles. The van der Waals surface area contributed by atoms with Crippen LogP contribution in [0.4, 0.5) is 21.5 Å². The second-order valence-electron chi connectivity index (χ2n) is 3.82. The Morgan fingerprint density at radius 2 is 2.00 bits per heavy atom. The lowest BCUT2D eigenvalue weighted by Crippen LogP contribution is -2.05. The van der Waals surface area contributed by atoms with Crippen LogP contribution in [0.2, 0.25) is 0 Å². The third-order valence-electron chi connectivity index (χ3n) is 2.53. The van der Waals surface area contributed by atoms with Gasteiger partial charge in [0, 0.05) is 4.47 Å². The van der Waals surface area contributed by atoms with E-state index in [-0.39, 0.29) is 16.9 Å². The van der Waals surface area contributed by atoms with E-state index < -0.39 is 11.8 Å². The third-order valence-corrected chi connectivity index (χ3v) is 3.03. The van der Waals surface area contributed by atoms with Crippen LogP contribution in [-0.4, -0.2) is 11.1 Å². The van der Waals surface area contributed by atoms with Crippen molar-refractivity contribution < 1.29 is 14.3 Å². The van der Waals surface area contributed by atoms with Crippen LogP contribution in [0.3, 0.4) is 0 Å². The van der Waals surface area contributed by atoms with E-state index in [0.717, 1.165) is 0 Å². The van der Waals surface area contributed by atoms with Gasteiger partial charge in [-0.2, -0.15) is 0 Å². The maximum Gasteiger partial charge on any atom is 0.337 e. The monoisotopic (exact) mass is 324 g/mol. The summed E-state index contributed by atoms with van der Waals surface area (Å²) in [5.41, 5.74) is 6.34. The van der Waals surface area contributed by atoms with Gasteiger partial charge in [0.2, 0.25) is 0 Å². The van der Waals surface area contributed by atoms with Gasteiger partial charge >= 0.3 is 5.97 Å². The summed E-state index contributed by atoms with van der Waals surface area (Å²) in [6.45, 7) is 0. The maximum atomic E-state index is 13.6. The van der Waals surface area contributed by atoms with Gasteiger partial charge in [-0.05, 0) is 30.3 Å². The minimum Gasteiger partial charge on any atom is -0.478 e. The number of rotatable bonds is 3. The van der Waals surface area contributed by atoms with Gasteiger partial charge in [0.05, 0.1) is 22.6 Å². The van der Waals surface area contributed by atoms with Gasteiger partial charge in [0.25, 0.3) is 0 Å². The molecule has 2 aromatic rings. The fourth-order valence-electron chi connectivity index (χ4n) is 1.60. The Morgan fingerprint density at radius 1 is 1.26 bits per heavy atom. The highest BCUT2D eigenvalue weighted by Crippen LogP contribution is 2.29. The van der Waals surface area contributed by atoms with Gasteiger partial charge in [-0.1, -0.05) is 22.0 Å². The van der Waals surface area contributed by atoms with Crippen LogP contribution < -0.4 is 11.1 Å². The number of nitrogens with two attached hydrogens (primary N) is 1. The molecule has 0 aromatic heterocycles. The average Bonchev–Trinajstić information content (AvgIpc) is 2.36. The van der Waals surface area contributed by atoms with Crippen LogP contribution in [0.1, 0.15) is 10.4 Å². The Bertz CT molecular complexity index is 647. The molecule has 0 saturated heterocycles. The van der Waals surface area contributed by atoms with Crippen LogP contribution >= 0.6 is 15.9 Å². The largest absolute Gasteiger partial charge is 0.478 e. The number of halogens is 2. The Kier molecular flexibility index (Phi) is 3.71. The first-order valence-electron chi connectivity index (χ1n) is 5.33. The molecule has 0 fully saturated rings. The standard InChI is InChI=1S/C13H10BrFN2O2/c14-7-4-5-9(15)11(6-7)17-10-3-1-2-8(12(10)16)13(18)19/h1-6,17H,16H2,(H,18,19). The van der Waals surface area contributed by atoms with E-state index in [1.807, 2.05) is 0 Å². The lowest BCUT2D eigenvalue weighted by atomic mass is 10.1. The van der Waals surface area contributed by atoms with Crippen molar-refractivity contribution in [3.63, 3.8) is 0 Å². The second-order valence-corrected chi connectivity index (χ2v) is 4.74.